The summed E-state index contributed by atoms with van der Waals surface area (Å²) in [5, 5.41) is 0. The number of furan rings is 1. The average Bonchev–Trinajstić information content (AvgIpc) is 2.46. The van der Waals surface area contributed by atoms with Crippen LogP contribution in [0.4, 0.5) is 0 Å². The van der Waals surface area contributed by atoms with Gasteiger partial charge in [0.1, 0.15) is 5.76 Å². The average molecular weight is 278 g/mol. The van der Waals surface area contributed by atoms with Crippen LogP contribution >= 0.6 is 27.7 Å². The molecule has 2 nitrogen and oxygen atoms in total. The van der Waals surface area contributed by atoms with Gasteiger partial charge in [-0.25, -0.2) is 0 Å². The van der Waals surface area contributed by atoms with Crippen LogP contribution < -0.4 is 5.73 Å². The monoisotopic (exact) mass is 277 g/mol. The number of nitrogens with two attached hydrogens (primary N) is 1. The fourth-order valence-electron chi connectivity index (χ4n) is 0.985. The van der Waals surface area contributed by atoms with Crippen LogP contribution in [-0.2, 0) is 0 Å². The van der Waals surface area contributed by atoms with E-state index in [9.17, 15) is 0 Å². The lowest BCUT2D eigenvalue weighted by Gasteiger charge is -2.19. The van der Waals surface area contributed by atoms with Gasteiger partial charge < -0.3 is 10.2 Å². The standard InChI is InChI=1S/C10H16BrNOS/c1-10(2,3)14-6-8(12)9-7(11)4-5-13-9/h4-5,8H,6,12H2,1-3H3. The first-order valence-electron chi connectivity index (χ1n) is 4.52. The number of halogens is 1. The Morgan fingerprint density at radius 1 is 1.57 bits per heavy atom. The highest BCUT2D eigenvalue weighted by molar-refractivity contribution is 9.10. The lowest BCUT2D eigenvalue weighted by atomic mass is 10.2. The van der Waals surface area contributed by atoms with Gasteiger partial charge in [-0.15, -0.1) is 0 Å². The van der Waals surface area contributed by atoms with Gasteiger partial charge in [0.2, 0.25) is 0 Å². The molecule has 2 N–H and O–H groups in total. The minimum Gasteiger partial charge on any atom is -0.466 e. The molecule has 0 aromatic carbocycles. The van der Waals surface area contributed by atoms with Crippen LogP contribution in [0.25, 0.3) is 0 Å². The number of hydrogen-bond acceptors (Lipinski definition) is 3. The third-order valence-electron chi connectivity index (χ3n) is 1.68. The summed E-state index contributed by atoms with van der Waals surface area (Å²) in [4.78, 5) is 0. The summed E-state index contributed by atoms with van der Waals surface area (Å²) in [7, 11) is 0. The third-order valence-corrected chi connectivity index (χ3v) is 3.72. The van der Waals surface area contributed by atoms with E-state index in [-0.39, 0.29) is 10.8 Å². The third kappa shape index (κ3) is 3.67. The Hall–Kier alpha value is 0.0700. The van der Waals surface area contributed by atoms with Crippen molar-refractivity contribution < 1.29 is 4.42 Å². The van der Waals surface area contributed by atoms with Crippen molar-refractivity contribution in [3.8, 4) is 0 Å². The molecule has 0 fully saturated rings. The Bertz CT molecular complexity index is 293. The van der Waals surface area contributed by atoms with E-state index in [2.05, 4.69) is 36.7 Å². The SMILES string of the molecule is CC(C)(C)SCC(N)c1occc1Br. The lowest BCUT2D eigenvalue weighted by molar-refractivity contribution is 0.479. The van der Waals surface area contributed by atoms with Crippen molar-refractivity contribution in [3.05, 3.63) is 22.6 Å². The van der Waals surface area contributed by atoms with Gasteiger partial charge in [0.25, 0.3) is 0 Å². The van der Waals surface area contributed by atoms with Crippen LogP contribution in [-0.4, -0.2) is 10.5 Å². The highest BCUT2D eigenvalue weighted by Crippen LogP contribution is 2.30. The van der Waals surface area contributed by atoms with Crippen LogP contribution in [0, 0.1) is 0 Å². The number of hydrogen-bond donors (Lipinski definition) is 1. The van der Waals surface area contributed by atoms with Gasteiger partial charge in [0.05, 0.1) is 16.8 Å². The van der Waals surface area contributed by atoms with Crippen molar-refractivity contribution in [2.24, 2.45) is 5.73 Å². The van der Waals surface area contributed by atoms with E-state index < -0.39 is 0 Å². The molecule has 0 aliphatic heterocycles. The number of thioether (sulfide) groups is 1. The molecule has 4 heteroatoms. The quantitative estimate of drug-likeness (QED) is 0.918. The predicted octanol–water partition coefficient (Wildman–Crippen LogP) is 3.57. The molecule has 0 aliphatic rings. The molecule has 1 aromatic heterocycles. The van der Waals surface area contributed by atoms with Crippen LogP contribution in [0.3, 0.4) is 0 Å². The van der Waals surface area contributed by atoms with Crippen LogP contribution in [0.5, 0.6) is 0 Å². The summed E-state index contributed by atoms with van der Waals surface area (Å²) >= 11 is 5.25. The molecular formula is C10H16BrNOS. The second-order valence-corrected chi connectivity index (χ2v) is 6.86. The highest BCUT2D eigenvalue weighted by atomic mass is 79.9. The van der Waals surface area contributed by atoms with Gasteiger partial charge in [0, 0.05) is 10.5 Å². The molecule has 0 amide bonds. The largest absolute Gasteiger partial charge is 0.466 e. The summed E-state index contributed by atoms with van der Waals surface area (Å²) < 4.78 is 6.51. The molecule has 1 rings (SSSR count). The summed E-state index contributed by atoms with van der Waals surface area (Å²) in [5.74, 6) is 1.71. The van der Waals surface area contributed by atoms with Crippen molar-refractivity contribution in [2.45, 2.75) is 31.6 Å². The molecule has 0 aliphatic carbocycles. The molecule has 80 valence electrons. The minimum atomic E-state index is -0.0383. The van der Waals surface area contributed by atoms with Gasteiger partial charge in [0.15, 0.2) is 0 Å². The lowest BCUT2D eigenvalue weighted by Crippen LogP contribution is -2.17. The molecule has 14 heavy (non-hydrogen) atoms. The molecule has 1 unspecified atom stereocenters. The van der Waals surface area contributed by atoms with E-state index in [1.807, 2.05) is 17.8 Å². The van der Waals surface area contributed by atoms with Crippen molar-refractivity contribution in [3.63, 3.8) is 0 Å². The predicted molar refractivity (Wildman–Crippen MR) is 65.5 cm³/mol. The fraction of sp³-hybridized carbons (Fsp3) is 0.600. The van der Waals surface area contributed by atoms with Crippen LogP contribution in [0.15, 0.2) is 21.2 Å². The molecule has 0 radical (unpaired) electrons. The van der Waals surface area contributed by atoms with Gasteiger partial charge in [-0.1, -0.05) is 20.8 Å². The second-order valence-electron chi connectivity index (χ2n) is 4.16. The fourth-order valence-corrected chi connectivity index (χ4v) is 2.31. The zero-order valence-corrected chi connectivity index (χ0v) is 11.1. The topological polar surface area (TPSA) is 39.2 Å². The first kappa shape index (κ1) is 12.1. The molecule has 1 atom stereocenters. The molecule has 0 spiro atoms. The summed E-state index contributed by atoms with van der Waals surface area (Å²) in [6.45, 7) is 6.55. The maximum absolute atomic E-state index is 6.00. The molecular weight excluding hydrogens is 262 g/mol. The Morgan fingerprint density at radius 3 is 2.64 bits per heavy atom. The zero-order valence-electron chi connectivity index (χ0n) is 8.71. The Balaban J connectivity index is 2.51. The number of rotatable bonds is 3. The van der Waals surface area contributed by atoms with Gasteiger partial charge in [-0.2, -0.15) is 11.8 Å². The van der Waals surface area contributed by atoms with Crippen molar-refractivity contribution in [1.82, 2.24) is 0 Å². The molecule has 1 heterocycles. The van der Waals surface area contributed by atoms with E-state index in [1.54, 1.807) is 6.26 Å². The van der Waals surface area contributed by atoms with E-state index in [0.29, 0.717) is 0 Å². The second kappa shape index (κ2) is 4.73. The molecule has 0 saturated heterocycles. The maximum Gasteiger partial charge on any atom is 0.135 e. The summed E-state index contributed by atoms with van der Waals surface area (Å²) in [6, 6.07) is 1.83. The van der Waals surface area contributed by atoms with Crippen molar-refractivity contribution >= 4 is 27.7 Å². The molecule has 0 saturated carbocycles. The van der Waals surface area contributed by atoms with Gasteiger partial charge in [-0.05, 0) is 22.0 Å². The van der Waals surface area contributed by atoms with Gasteiger partial charge >= 0.3 is 0 Å². The van der Waals surface area contributed by atoms with Crippen molar-refractivity contribution in [1.29, 1.82) is 0 Å². The van der Waals surface area contributed by atoms with Crippen LogP contribution in [0.2, 0.25) is 0 Å². The highest BCUT2D eigenvalue weighted by Gasteiger charge is 2.17. The minimum absolute atomic E-state index is 0.0383. The van der Waals surface area contributed by atoms with Crippen LogP contribution in [0.1, 0.15) is 32.6 Å². The van der Waals surface area contributed by atoms with Gasteiger partial charge in [-0.3, -0.25) is 0 Å². The summed E-state index contributed by atoms with van der Waals surface area (Å²) in [6.07, 6.45) is 1.65. The Labute approximate surface area is 97.7 Å². The smallest absolute Gasteiger partial charge is 0.135 e. The van der Waals surface area contributed by atoms with E-state index >= 15 is 0 Å². The van der Waals surface area contributed by atoms with E-state index in [1.165, 1.54) is 0 Å². The molecule has 1 aromatic rings. The summed E-state index contributed by atoms with van der Waals surface area (Å²) in [5.41, 5.74) is 6.00. The maximum atomic E-state index is 6.00. The zero-order chi connectivity index (χ0) is 10.8. The van der Waals surface area contributed by atoms with Crippen molar-refractivity contribution in [2.75, 3.05) is 5.75 Å². The normalized spacial score (nSPS) is 14.4. The first-order chi connectivity index (χ1) is 6.40. The first-order valence-corrected chi connectivity index (χ1v) is 6.30. The van der Waals surface area contributed by atoms with E-state index in [4.69, 9.17) is 10.2 Å². The van der Waals surface area contributed by atoms with E-state index in [0.717, 1.165) is 16.0 Å². The molecule has 0 bridgehead atoms. The Kier molecular flexibility index (Phi) is 4.10. The Morgan fingerprint density at radius 2 is 2.21 bits per heavy atom.